The lowest BCUT2D eigenvalue weighted by molar-refractivity contribution is 0.170. The molecule has 3 N–H and O–H groups in total. The number of hydrogen-bond donors (Lipinski definition) is 3. The largest absolute Gasteiger partial charge is 0.396 e. The molecule has 2 rings (SSSR count). The van der Waals surface area contributed by atoms with Crippen LogP contribution in [0.1, 0.15) is 38.7 Å². The highest BCUT2D eigenvalue weighted by Crippen LogP contribution is 2.20. The maximum atomic E-state index is 13.0. The zero-order valence-corrected chi connectivity index (χ0v) is 14.7. The number of urea groups is 1. The van der Waals surface area contributed by atoms with E-state index in [4.69, 9.17) is 0 Å². The van der Waals surface area contributed by atoms with Crippen LogP contribution in [0.4, 0.5) is 9.18 Å². The predicted octanol–water partition coefficient (Wildman–Crippen LogP) is 2.07. The van der Waals surface area contributed by atoms with Crippen molar-refractivity contribution in [2.45, 2.75) is 44.7 Å². The number of halogens is 1. The van der Waals surface area contributed by atoms with Gasteiger partial charge in [-0.25, -0.2) is 9.18 Å². The number of rotatable bonds is 5. The van der Waals surface area contributed by atoms with E-state index in [0.29, 0.717) is 6.54 Å². The fourth-order valence-corrected chi connectivity index (χ4v) is 2.96. The Balaban J connectivity index is 1.79. The van der Waals surface area contributed by atoms with Gasteiger partial charge in [0, 0.05) is 37.1 Å². The van der Waals surface area contributed by atoms with Crippen molar-refractivity contribution < 1.29 is 14.3 Å². The maximum Gasteiger partial charge on any atom is 0.315 e. The summed E-state index contributed by atoms with van der Waals surface area (Å²) in [5.41, 5.74) is 0.913. The van der Waals surface area contributed by atoms with Gasteiger partial charge in [-0.05, 0) is 44.9 Å². The molecule has 1 heterocycles. The highest BCUT2D eigenvalue weighted by molar-refractivity contribution is 5.74. The Morgan fingerprint density at radius 2 is 2.04 bits per heavy atom. The molecule has 1 aromatic carbocycles. The van der Waals surface area contributed by atoms with Crippen LogP contribution < -0.4 is 10.6 Å². The van der Waals surface area contributed by atoms with E-state index in [1.165, 1.54) is 12.1 Å². The molecule has 0 aromatic heterocycles. The quantitative estimate of drug-likeness (QED) is 0.771. The molecule has 134 valence electrons. The van der Waals surface area contributed by atoms with Gasteiger partial charge in [0.15, 0.2) is 0 Å². The molecule has 1 fully saturated rings. The van der Waals surface area contributed by atoms with Gasteiger partial charge in [-0.2, -0.15) is 0 Å². The number of carbonyl (C=O) groups excluding carboxylic acids is 1. The number of carbonyl (C=O) groups is 1. The number of aliphatic hydroxyl groups is 1. The molecule has 0 radical (unpaired) electrons. The zero-order valence-electron chi connectivity index (χ0n) is 14.7. The molecule has 1 aromatic rings. The Hall–Kier alpha value is -1.66. The van der Waals surface area contributed by atoms with Gasteiger partial charge in [0.25, 0.3) is 0 Å². The van der Waals surface area contributed by atoms with E-state index in [-0.39, 0.29) is 36.0 Å². The lowest BCUT2D eigenvalue weighted by atomic mass is 10.00. The second kappa shape index (κ2) is 7.94. The summed E-state index contributed by atoms with van der Waals surface area (Å²) in [6.45, 7) is 8.54. The van der Waals surface area contributed by atoms with Gasteiger partial charge in [0.1, 0.15) is 5.82 Å². The minimum Gasteiger partial charge on any atom is -0.396 e. The van der Waals surface area contributed by atoms with Crippen LogP contribution in [0.15, 0.2) is 24.3 Å². The Morgan fingerprint density at radius 1 is 1.38 bits per heavy atom. The van der Waals surface area contributed by atoms with E-state index in [1.54, 1.807) is 12.1 Å². The summed E-state index contributed by atoms with van der Waals surface area (Å²) >= 11 is 0. The van der Waals surface area contributed by atoms with Crippen LogP contribution in [0.3, 0.4) is 0 Å². The van der Waals surface area contributed by atoms with Crippen molar-refractivity contribution in [3.63, 3.8) is 0 Å². The maximum absolute atomic E-state index is 13.0. The highest BCUT2D eigenvalue weighted by atomic mass is 19.1. The molecule has 1 saturated heterocycles. The van der Waals surface area contributed by atoms with Crippen molar-refractivity contribution in [2.75, 3.05) is 26.2 Å². The predicted molar refractivity (Wildman–Crippen MR) is 92.5 cm³/mol. The second-order valence-corrected chi connectivity index (χ2v) is 7.39. The van der Waals surface area contributed by atoms with Crippen LogP contribution in [-0.4, -0.2) is 53.9 Å². The second-order valence-electron chi connectivity index (χ2n) is 7.39. The van der Waals surface area contributed by atoms with E-state index >= 15 is 0 Å². The smallest absolute Gasteiger partial charge is 0.315 e. The molecular weight excluding hydrogens is 309 g/mol. The van der Waals surface area contributed by atoms with Gasteiger partial charge in [0.05, 0.1) is 6.61 Å². The minimum absolute atomic E-state index is 0.104. The molecule has 2 atom stereocenters. The van der Waals surface area contributed by atoms with Gasteiger partial charge in [0.2, 0.25) is 0 Å². The summed E-state index contributed by atoms with van der Waals surface area (Å²) in [4.78, 5) is 14.4. The van der Waals surface area contributed by atoms with E-state index < -0.39 is 0 Å². The molecule has 0 saturated carbocycles. The first-order chi connectivity index (χ1) is 11.3. The van der Waals surface area contributed by atoms with Crippen LogP contribution in [0, 0.1) is 5.82 Å². The Morgan fingerprint density at radius 3 is 2.58 bits per heavy atom. The summed E-state index contributed by atoms with van der Waals surface area (Å²) in [5.74, 6) is -0.559. The molecule has 2 amide bonds. The van der Waals surface area contributed by atoms with Crippen LogP contribution in [0.2, 0.25) is 0 Å². The summed E-state index contributed by atoms with van der Waals surface area (Å²) in [7, 11) is 0. The topological polar surface area (TPSA) is 64.6 Å². The number of nitrogens with one attached hydrogen (secondary N) is 2. The van der Waals surface area contributed by atoms with E-state index in [1.807, 2.05) is 0 Å². The number of likely N-dealkylation sites (tertiary alicyclic amines) is 1. The molecule has 1 aliphatic rings. The van der Waals surface area contributed by atoms with Crippen LogP contribution >= 0.6 is 0 Å². The molecule has 0 aliphatic carbocycles. The lowest BCUT2D eigenvalue weighted by Gasteiger charge is -2.31. The molecule has 0 spiro atoms. The van der Waals surface area contributed by atoms with Crippen molar-refractivity contribution in [3.8, 4) is 0 Å². The first kappa shape index (κ1) is 18.7. The van der Waals surface area contributed by atoms with Crippen molar-refractivity contribution in [2.24, 2.45) is 0 Å². The molecule has 0 bridgehead atoms. The van der Waals surface area contributed by atoms with Crippen molar-refractivity contribution in [1.82, 2.24) is 15.5 Å². The Kier molecular flexibility index (Phi) is 6.18. The average Bonchev–Trinajstić information content (AvgIpc) is 2.98. The third-order valence-corrected chi connectivity index (χ3v) is 4.54. The molecule has 5 nitrogen and oxygen atoms in total. The van der Waals surface area contributed by atoms with Crippen LogP contribution in [0.25, 0.3) is 0 Å². The van der Waals surface area contributed by atoms with Crippen molar-refractivity contribution >= 4 is 6.03 Å². The van der Waals surface area contributed by atoms with Crippen LogP contribution in [-0.2, 0) is 0 Å². The van der Waals surface area contributed by atoms with Gasteiger partial charge in [-0.3, -0.25) is 4.90 Å². The molecule has 1 aliphatic heterocycles. The first-order valence-electron chi connectivity index (χ1n) is 8.45. The van der Waals surface area contributed by atoms with Crippen molar-refractivity contribution in [1.29, 1.82) is 0 Å². The average molecular weight is 337 g/mol. The number of nitrogens with zero attached hydrogens (tertiary/aromatic N) is 1. The zero-order chi connectivity index (χ0) is 17.7. The summed E-state index contributed by atoms with van der Waals surface area (Å²) < 4.78 is 13.0. The third kappa shape index (κ3) is 5.18. The van der Waals surface area contributed by atoms with Crippen LogP contribution in [0.5, 0.6) is 0 Å². The number of benzene rings is 1. The van der Waals surface area contributed by atoms with Gasteiger partial charge in [-0.15, -0.1) is 0 Å². The third-order valence-electron chi connectivity index (χ3n) is 4.54. The minimum atomic E-state index is -0.314. The monoisotopic (exact) mass is 337 g/mol. The fraction of sp³-hybridized carbons (Fsp3) is 0.611. The van der Waals surface area contributed by atoms with E-state index in [9.17, 15) is 14.3 Å². The summed E-state index contributed by atoms with van der Waals surface area (Å²) in [5, 5.41) is 15.3. The Bertz CT molecular complexity index is 542. The highest BCUT2D eigenvalue weighted by Gasteiger charge is 2.30. The summed E-state index contributed by atoms with van der Waals surface area (Å²) in [6, 6.07) is 5.90. The summed E-state index contributed by atoms with van der Waals surface area (Å²) in [6.07, 6.45) is 0.937. The van der Waals surface area contributed by atoms with E-state index in [0.717, 1.165) is 25.1 Å². The number of amides is 2. The van der Waals surface area contributed by atoms with Gasteiger partial charge < -0.3 is 15.7 Å². The molecule has 6 heteroatoms. The standard InChI is InChI=1S/C18H28FN3O2/c1-18(2,3)22-9-8-16(11-22)21-17(24)20-10-14(12-23)13-4-6-15(19)7-5-13/h4-7,14,16,23H,8-12H2,1-3H3,(H2,20,21,24). The van der Waals surface area contributed by atoms with Gasteiger partial charge >= 0.3 is 6.03 Å². The molecular formula is C18H28FN3O2. The molecule has 2 unspecified atom stereocenters. The normalized spacial score (nSPS) is 20.0. The molecule has 24 heavy (non-hydrogen) atoms. The van der Waals surface area contributed by atoms with Crippen molar-refractivity contribution in [3.05, 3.63) is 35.6 Å². The number of hydrogen-bond acceptors (Lipinski definition) is 3. The Labute approximate surface area is 143 Å². The SMILES string of the molecule is CC(C)(C)N1CCC(NC(=O)NCC(CO)c2ccc(F)cc2)C1. The first-order valence-corrected chi connectivity index (χ1v) is 8.45. The van der Waals surface area contributed by atoms with Gasteiger partial charge in [-0.1, -0.05) is 12.1 Å². The van der Waals surface area contributed by atoms with E-state index in [2.05, 4.69) is 36.3 Å². The number of aliphatic hydroxyl groups excluding tert-OH is 1. The lowest BCUT2D eigenvalue weighted by Crippen LogP contribution is -2.46. The fourth-order valence-electron chi connectivity index (χ4n) is 2.96.